The van der Waals surface area contributed by atoms with Crippen molar-refractivity contribution in [3.05, 3.63) is 34.7 Å². The minimum Gasteiger partial charge on any atom is -0.497 e. The number of aliphatic hydroxyl groups is 1. The van der Waals surface area contributed by atoms with Crippen LogP contribution in [0.15, 0.2) is 29.2 Å². The van der Waals surface area contributed by atoms with Gasteiger partial charge in [-0.1, -0.05) is 0 Å². The SMILES string of the molecule is COc1ccc2ncc(=O)n(CC(O)C3CCC(NC(=O)OC(C)(C)C)CC3)c2c1. The van der Waals surface area contributed by atoms with Crippen molar-refractivity contribution in [2.45, 2.75) is 70.7 Å². The third-order valence-corrected chi connectivity index (χ3v) is 5.46. The van der Waals surface area contributed by atoms with E-state index in [9.17, 15) is 14.7 Å². The molecule has 0 radical (unpaired) electrons. The number of carbonyl (C=O) groups is 1. The Morgan fingerprint density at radius 2 is 2.00 bits per heavy atom. The Bertz CT molecular complexity index is 942. The topological polar surface area (TPSA) is 103 Å². The van der Waals surface area contributed by atoms with Gasteiger partial charge in [0.2, 0.25) is 0 Å². The molecule has 1 saturated carbocycles. The molecule has 1 unspecified atom stereocenters. The van der Waals surface area contributed by atoms with Crippen LogP contribution in [0.3, 0.4) is 0 Å². The largest absolute Gasteiger partial charge is 0.497 e. The zero-order chi connectivity index (χ0) is 21.9. The van der Waals surface area contributed by atoms with E-state index in [1.165, 1.54) is 6.20 Å². The van der Waals surface area contributed by atoms with Crippen molar-refractivity contribution in [1.82, 2.24) is 14.9 Å². The molecular formula is C22H31N3O5. The van der Waals surface area contributed by atoms with Crippen LogP contribution in [0.2, 0.25) is 0 Å². The average Bonchev–Trinajstić information content (AvgIpc) is 2.68. The van der Waals surface area contributed by atoms with Gasteiger partial charge in [-0.05, 0) is 64.5 Å². The van der Waals surface area contributed by atoms with Crippen molar-refractivity contribution in [3.8, 4) is 5.75 Å². The molecule has 1 atom stereocenters. The predicted octanol–water partition coefficient (Wildman–Crippen LogP) is 2.85. The number of methoxy groups -OCH3 is 1. The zero-order valence-corrected chi connectivity index (χ0v) is 18.1. The van der Waals surface area contributed by atoms with E-state index in [1.54, 1.807) is 29.9 Å². The van der Waals surface area contributed by atoms with Gasteiger partial charge < -0.3 is 24.5 Å². The monoisotopic (exact) mass is 417 g/mol. The standard InChI is InChI=1S/C22H31N3O5/c1-22(2,3)30-21(28)24-15-7-5-14(6-8-15)19(26)13-25-18-11-16(29-4)9-10-17(18)23-12-20(25)27/h9-12,14-15,19,26H,5-8,13H2,1-4H3,(H,24,28). The molecule has 0 spiro atoms. The maximum atomic E-state index is 12.4. The number of nitrogens with one attached hydrogen (secondary N) is 1. The van der Waals surface area contributed by atoms with E-state index in [1.807, 2.05) is 20.8 Å². The van der Waals surface area contributed by atoms with Crippen molar-refractivity contribution in [3.63, 3.8) is 0 Å². The van der Waals surface area contributed by atoms with E-state index in [2.05, 4.69) is 10.3 Å². The number of aliphatic hydroxyl groups excluding tert-OH is 1. The highest BCUT2D eigenvalue weighted by Gasteiger charge is 2.29. The van der Waals surface area contributed by atoms with Gasteiger partial charge in [0.05, 0.1) is 37.0 Å². The number of aromatic nitrogens is 2. The van der Waals surface area contributed by atoms with Crippen LogP contribution >= 0.6 is 0 Å². The second-order valence-electron chi connectivity index (χ2n) is 8.89. The number of fused-ring (bicyclic) bond motifs is 1. The van der Waals surface area contributed by atoms with E-state index >= 15 is 0 Å². The van der Waals surface area contributed by atoms with Crippen molar-refractivity contribution in [1.29, 1.82) is 0 Å². The summed E-state index contributed by atoms with van der Waals surface area (Å²) in [5.74, 6) is 0.689. The van der Waals surface area contributed by atoms with Crippen LogP contribution in [-0.2, 0) is 11.3 Å². The first kappa shape index (κ1) is 22.1. The van der Waals surface area contributed by atoms with Crippen molar-refractivity contribution in [2.75, 3.05) is 7.11 Å². The molecule has 2 aromatic rings. The van der Waals surface area contributed by atoms with Gasteiger partial charge in [-0.2, -0.15) is 0 Å². The number of carbonyl (C=O) groups excluding carboxylic acids is 1. The van der Waals surface area contributed by atoms with Crippen LogP contribution in [0.4, 0.5) is 4.79 Å². The fourth-order valence-corrected chi connectivity index (χ4v) is 3.92. The molecule has 1 aromatic heterocycles. The summed E-state index contributed by atoms with van der Waals surface area (Å²) in [6, 6.07) is 5.39. The number of benzene rings is 1. The molecule has 0 aliphatic heterocycles. The molecule has 1 amide bonds. The fourth-order valence-electron chi connectivity index (χ4n) is 3.92. The fraction of sp³-hybridized carbons (Fsp3) is 0.591. The number of amides is 1. The number of alkyl carbamates (subject to hydrolysis) is 1. The Labute approximate surface area is 176 Å². The highest BCUT2D eigenvalue weighted by Crippen LogP contribution is 2.28. The van der Waals surface area contributed by atoms with Gasteiger partial charge in [0, 0.05) is 12.1 Å². The van der Waals surface area contributed by atoms with E-state index in [-0.39, 0.29) is 24.1 Å². The van der Waals surface area contributed by atoms with E-state index in [0.717, 1.165) is 25.7 Å². The van der Waals surface area contributed by atoms with Crippen LogP contribution in [0, 0.1) is 5.92 Å². The number of ether oxygens (including phenoxy) is 2. The molecule has 8 nitrogen and oxygen atoms in total. The summed E-state index contributed by atoms with van der Waals surface area (Å²) in [7, 11) is 1.57. The van der Waals surface area contributed by atoms with Gasteiger partial charge in [-0.15, -0.1) is 0 Å². The van der Waals surface area contributed by atoms with Gasteiger partial charge in [0.1, 0.15) is 11.4 Å². The van der Waals surface area contributed by atoms with E-state index in [4.69, 9.17) is 9.47 Å². The van der Waals surface area contributed by atoms with Crippen molar-refractivity contribution >= 4 is 17.1 Å². The summed E-state index contributed by atoms with van der Waals surface area (Å²) in [5.41, 5.74) is 0.532. The number of hydrogen-bond donors (Lipinski definition) is 2. The predicted molar refractivity (Wildman–Crippen MR) is 114 cm³/mol. The Kier molecular flexibility index (Phi) is 6.65. The maximum Gasteiger partial charge on any atom is 0.407 e. The summed E-state index contributed by atoms with van der Waals surface area (Å²) in [5, 5.41) is 13.7. The number of hydrogen-bond acceptors (Lipinski definition) is 6. The first-order chi connectivity index (χ1) is 14.2. The molecule has 1 heterocycles. The summed E-state index contributed by atoms with van der Waals surface area (Å²) in [6.07, 6.45) is 3.27. The Balaban J connectivity index is 1.63. The molecule has 0 bridgehead atoms. The first-order valence-electron chi connectivity index (χ1n) is 10.4. The molecule has 0 saturated heterocycles. The van der Waals surface area contributed by atoms with Gasteiger partial charge in [0.25, 0.3) is 5.56 Å². The summed E-state index contributed by atoms with van der Waals surface area (Å²) < 4.78 is 12.1. The van der Waals surface area contributed by atoms with Crippen LogP contribution in [0.5, 0.6) is 5.75 Å². The molecule has 1 aliphatic rings. The smallest absolute Gasteiger partial charge is 0.407 e. The molecule has 8 heteroatoms. The summed E-state index contributed by atoms with van der Waals surface area (Å²) in [4.78, 5) is 28.6. The lowest BCUT2D eigenvalue weighted by Gasteiger charge is -2.32. The van der Waals surface area contributed by atoms with Gasteiger partial charge in [-0.3, -0.25) is 4.79 Å². The van der Waals surface area contributed by atoms with Gasteiger partial charge >= 0.3 is 6.09 Å². The lowest BCUT2D eigenvalue weighted by Crippen LogP contribution is -2.42. The Morgan fingerprint density at radius 1 is 1.30 bits per heavy atom. The lowest BCUT2D eigenvalue weighted by molar-refractivity contribution is 0.0430. The highest BCUT2D eigenvalue weighted by molar-refractivity contribution is 5.76. The normalized spacial score (nSPS) is 20.6. The molecule has 1 aliphatic carbocycles. The molecule has 2 N–H and O–H groups in total. The minimum absolute atomic E-state index is 0.0389. The quantitative estimate of drug-likeness (QED) is 0.776. The summed E-state index contributed by atoms with van der Waals surface area (Å²) in [6.45, 7) is 5.69. The molecular weight excluding hydrogens is 386 g/mol. The van der Waals surface area contributed by atoms with Crippen LogP contribution in [0.1, 0.15) is 46.5 Å². The third kappa shape index (κ3) is 5.50. The lowest BCUT2D eigenvalue weighted by atomic mass is 9.82. The third-order valence-electron chi connectivity index (χ3n) is 5.46. The number of rotatable bonds is 5. The second-order valence-corrected chi connectivity index (χ2v) is 8.89. The van der Waals surface area contributed by atoms with Crippen molar-refractivity contribution in [2.24, 2.45) is 5.92 Å². The average molecular weight is 418 g/mol. The van der Waals surface area contributed by atoms with Gasteiger partial charge in [-0.25, -0.2) is 9.78 Å². The van der Waals surface area contributed by atoms with Gasteiger partial charge in [0.15, 0.2) is 0 Å². The highest BCUT2D eigenvalue weighted by atomic mass is 16.6. The molecule has 1 aromatic carbocycles. The zero-order valence-electron chi connectivity index (χ0n) is 18.1. The van der Waals surface area contributed by atoms with E-state index < -0.39 is 17.8 Å². The Hall–Kier alpha value is -2.61. The number of nitrogens with zero attached hydrogens (tertiary/aromatic N) is 2. The first-order valence-corrected chi connectivity index (χ1v) is 10.4. The van der Waals surface area contributed by atoms with E-state index in [0.29, 0.717) is 16.8 Å². The van der Waals surface area contributed by atoms with Crippen molar-refractivity contribution < 1.29 is 19.4 Å². The molecule has 1 fully saturated rings. The molecule has 30 heavy (non-hydrogen) atoms. The minimum atomic E-state index is -0.665. The molecule has 3 rings (SSSR count). The molecule has 164 valence electrons. The maximum absolute atomic E-state index is 12.4. The van der Waals surface area contributed by atoms with Crippen LogP contribution in [0.25, 0.3) is 11.0 Å². The summed E-state index contributed by atoms with van der Waals surface area (Å²) >= 11 is 0. The van der Waals surface area contributed by atoms with Crippen LogP contribution in [-0.4, -0.2) is 45.6 Å². The van der Waals surface area contributed by atoms with Crippen LogP contribution < -0.4 is 15.6 Å². The second kappa shape index (κ2) is 9.04. The Morgan fingerprint density at radius 3 is 2.63 bits per heavy atom.